The maximum absolute atomic E-state index is 3.89. The molecule has 0 bridgehead atoms. The van der Waals surface area contributed by atoms with Crippen molar-refractivity contribution in [3.8, 4) is 33.4 Å². The van der Waals surface area contributed by atoms with Gasteiger partial charge in [0.15, 0.2) is 0 Å². The van der Waals surface area contributed by atoms with Crippen LogP contribution in [-0.4, -0.2) is 3.21 Å². The van der Waals surface area contributed by atoms with E-state index in [-0.39, 0.29) is 10.8 Å². The van der Waals surface area contributed by atoms with Crippen molar-refractivity contribution in [2.24, 2.45) is 0 Å². The molecule has 268 valence electrons. The minimum absolute atomic E-state index is 0.0216. The average molecular weight is 910 g/mol. The molecule has 0 atom stereocenters. The van der Waals surface area contributed by atoms with Gasteiger partial charge in [0.05, 0.1) is 0 Å². The Morgan fingerprint density at radius 3 is 1.69 bits per heavy atom. The molecule has 54 heavy (non-hydrogen) atoms. The third-order valence-electron chi connectivity index (χ3n) is 10.9. The predicted molar refractivity (Wildman–Crippen MR) is 236 cm³/mol. The van der Waals surface area contributed by atoms with Gasteiger partial charge in [0, 0.05) is 0 Å². The van der Waals surface area contributed by atoms with Crippen molar-refractivity contribution in [3.63, 3.8) is 0 Å². The van der Waals surface area contributed by atoms with E-state index >= 15 is 0 Å². The van der Waals surface area contributed by atoms with Crippen LogP contribution in [-0.2, 0) is 38.5 Å². The molecule has 0 heterocycles. The summed E-state index contributed by atoms with van der Waals surface area (Å²) in [5, 5.41) is 0. The molecule has 2 aliphatic carbocycles. The molecule has 0 N–H and O–H groups in total. The van der Waals surface area contributed by atoms with Crippen molar-refractivity contribution in [1.29, 1.82) is 0 Å². The van der Waals surface area contributed by atoms with Gasteiger partial charge >= 0.3 is 349 Å². The van der Waals surface area contributed by atoms with E-state index < -0.39 is 21.3 Å². The number of benzene rings is 6. The summed E-state index contributed by atoms with van der Waals surface area (Å²) in [7, 11) is 0. The zero-order chi connectivity index (χ0) is 37.8. The van der Waals surface area contributed by atoms with Crippen LogP contribution in [0.3, 0.4) is 0 Å². The number of rotatable bonds is 6. The van der Waals surface area contributed by atoms with E-state index in [1.165, 1.54) is 70.0 Å². The summed E-state index contributed by atoms with van der Waals surface area (Å²) in [5.74, 6) is 0. The molecule has 6 aromatic carbocycles. The Kier molecular flexibility index (Phi) is 10.3. The number of allylic oxidation sites excluding steroid dienone is 4. The molecule has 0 unspecified atom stereocenters. The van der Waals surface area contributed by atoms with E-state index in [2.05, 4.69) is 219 Å². The third kappa shape index (κ3) is 7.18. The minimum atomic E-state index is -3.09. The molecule has 0 aromatic heterocycles. The van der Waals surface area contributed by atoms with Gasteiger partial charge in [-0.15, -0.1) is 0 Å². The Hall–Kier alpha value is -3.49. The Morgan fingerprint density at radius 2 is 1.15 bits per heavy atom. The normalized spacial score (nSPS) is 13.4. The van der Waals surface area contributed by atoms with E-state index in [0.717, 1.165) is 21.8 Å². The van der Waals surface area contributed by atoms with Gasteiger partial charge in [0.1, 0.15) is 0 Å². The fourth-order valence-corrected chi connectivity index (χ4v) is 17.7. The topological polar surface area (TPSA) is 0 Å². The van der Waals surface area contributed by atoms with Crippen molar-refractivity contribution >= 4 is 38.3 Å². The Balaban J connectivity index is 1.57. The van der Waals surface area contributed by atoms with Gasteiger partial charge in [-0.3, -0.25) is 0 Å². The first kappa shape index (κ1) is 37.4. The zero-order valence-corrected chi connectivity index (χ0v) is 37.7. The van der Waals surface area contributed by atoms with Crippen LogP contribution in [0.25, 0.3) is 33.4 Å². The van der Waals surface area contributed by atoms with Gasteiger partial charge in [-0.25, -0.2) is 0 Å². The second-order valence-corrected chi connectivity index (χ2v) is 24.5. The summed E-state index contributed by atoms with van der Waals surface area (Å²) >= 11 is 4.68. The van der Waals surface area contributed by atoms with Crippen molar-refractivity contribution in [1.82, 2.24) is 0 Å². The fraction of sp³-hybridized carbons (Fsp3) is 0.196. The molecular weight excluding hydrogens is 864 g/mol. The van der Waals surface area contributed by atoms with Gasteiger partial charge in [-0.05, 0) is 0 Å². The van der Waals surface area contributed by atoms with Crippen LogP contribution in [0.4, 0.5) is 0 Å². The van der Waals surface area contributed by atoms with Crippen LogP contribution in [0.2, 0.25) is 0 Å². The van der Waals surface area contributed by atoms with Crippen LogP contribution in [0.15, 0.2) is 158 Å². The molecule has 0 fully saturated rings. The van der Waals surface area contributed by atoms with Crippen LogP contribution >= 0.6 is 31.9 Å². The molecule has 6 aromatic rings. The fourth-order valence-electron chi connectivity index (χ4n) is 8.45. The molecule has 8 rings (SSSR count). The van der Waals surface area contributed by atoms with Crippen molar-refractivity contribution in [2.75, 3.05) is 0 Å². The first-order chi connectivity index (χ1) is 25.9. The second-order valence-electron chi connectivity index (χ2n) is 16.8. The Morgan fingerprint density at radius 1 is 0.574 bits per heavy atom. The summed E-state index contributed by atoms with van der Waals surface area (Å²) in [6, 6.07) is 48.2. The van der Waals surface area contributed by atoms with Crippen LogP contribution < -0.4 is 3.27 Å². The van der Waals surface area contributed by atoms with Gasteiger partial charge in [0.25, 0.3) is 0 Å². The summed E-state index contributed by atoms with van der Waals surface area (Å²) in [5.41, 5.74) is 16.6. The molecule has 0 spiro atoms. The van der Waals surface area contributed by atoms with Gasteiger partial charge < -0.3 is 0 Å². The summed E-state index contributed by atoms with van der Waals surface area (Å²) in [6.07, 6.45) is 9.10. The number of halogens is 2. The first-order valence-corrected chi connectivity index (χ1v) is 24.3. The van der Waals surface area contributed by atoms with Crippen LogP contribution in [0, 0.1) is 0 Å². The predicted octanol–water partition coefficient (Wildman–Crippen LogP) is 14.1. The van der Waals surface area contributed by atoms with Crippen LogP contribution in [0.1, 0.15) is 81.3 Å². The molecule has 3 heteroatoms. The first-order valence-electron chi connectivity index (χ1n) is 19.0. The third-order valence-corrected chi connectivity index (χ3v) is 19.6. The number of hydrogen-bond donors (Lipinski definition) is 0. The standard InChI is InChI=1S/C33H33.C13H8Br2.C5H5.Zr/c1-32(2,3)30-20-26-24(18-28(30)22-13-9-7-10-14-22)17-25-19-29(23-15-11-8-12-16-23)31(21-27(25)26)33(4,5)6;14-12-5-1-3-10(8-12)7-11-4-2-6-13(15)9-11;1-2-4-5-3-1;/h7-16,18,20-21H,17H2,1-6H3;1-6,8-9H;1-3H,4H2;. The summed E-state index contributed by atoms with van der Waals surface area (Å²) < 4.78 is 7.00. The van der Waals surface area contributed by atoms with E-state index in [9.17, 15) is 0 Å². The molecule has 0 amide bonds. The molecular formula is C51H46Br2Zr. The van der Waals surface area contributed by atoms with E-state index in [0.29, 0.717) is 0 Å². The molecule has 0 saturated heterocycles. The van der Waals surface area contributed by atoms with E-state index in [1.807, 2.05) is 0 Å². The molecule has 0 radical (unpaired) electrons. The SMILES string of the molecule is CC(C)(C)c1cc2c(cc1-c1ccccc1)Cc1c-2cc(C(C)(C)C)c(-c2ccccc2)[c]1[Zr]([C]1=CC=CC1)=[C](c1cccc(Br)c1)c1cccc(Br)c1. The monoisotopic (exact) mass is 906 g/mol. The second kappa shape index (κ2) is 14.9. The van der Waals surface area contributed by atoms with Crippen molar-refractivity contribution in [3.05, 3.63) is 191 Å². The van der Waals surface area contributed by atoms with Gasteiger partial charge in [-0.2, -0.15) is 0 Å². The summed E-state index contributed by atoms with van der Waals surface area (Å²) in [6.45, 7) is 14.3. The van der Waals surface area contributed by atoms with Gasteiger partial charge in [0.2, 0.25) is 0 Å². The van der Waals surface area contributed by atoms with Crippen LogP contribution in [0.5, 0.6) is 0 Å². The zero-order valence-electron chi connectivity index (χ0n) is 32.0. The molecule has 0 aliphatic heterocycles. The van der Waals surface area contributed by atoms with E-state index in [4.69, 9.17) is 0 Å². The van der Waals surface area contributed by atoms with Crippen molar-refractivity contribution < 1.29 is 21.3 Å². The quantitative estimate of drug-likeness (QED) is 0.156. The Labute approximate surface area is 346 Å². The van der Waals surface area contributed by atoms with Gasteiger partial charge in [-0.1, -0.05) is 0 Å². The number of fused-ring (bicyclic) bond motifs is 3. The van der Waals surface area contributed by atoms with E-state index in [1.54, 1.807) is 6.55 Å². The summed E-state index contributed by atoms with van der Waals surface area (Å²) in [4.78, 5) is 0. The van der Waals surface area contributed by atoms with Crippen molar-refractivity contribution in [2.45, 2.75) is 65.2 Å². The molecule has 2 aliphatic rings. The Bertz CT molecular complexity index is 2460. The average Bonchev–Trinajstić information content (AvgIpc) is 3.81. The molecule has 0 nitrogen and oxygen atoms in total. The number of hydrogen-bond acceptors (Lipinski definition) is 0. The maximum atomic E-state index is 3.89. The molecule has 0 saturated carbocycles.